The number of rotatable bonds is 5. The van der Waals surface area contributed by atoms with Gasteiger partial charge >= 0.3 is 0 Å². The number of benzene rings is 1. The molecule has 28 heavy (non-hydrogen) atoms. The molecule has 1 N–H and O–H groups in total. The van der Waals surface area contributed by atoms with Crippen molar-refractivity contribution in [3.8, 4) is 23.1 Å². The van der Waals surface area contributed by atoms with E-state index < -0.39 is 6.10 Å². The maximum absolute atomic E-state index is 10.8. The third-order valence-electron chi connectivity index (χ3n) is 4.98. The second kappa shape index (κ2) is 7.42. The van der Waals surface area contributed by atoms with E-state index in [2.05, 4.69) is 10.00 Å². The quantitative estimate of drug-likeness (QED) is 0.658. The molecular formula is C19H22N4O4S. The van der Waals surface area contributed by atoms with Crippen LogP contribution in [0.15, 0.2) is 34.9 Å². The summed E-state index contributed by atoms with van der Waals surface area (Å²) in [4.78, 5) is 2.07. The first-order valence-electron chi connectivity index (χ1n) is 8.85. The van der Waals surface area contributed by atoms with Gasteiger partial charge in [-0.2, -0.15) is 0 Å². The zero-order valence-electron chi connectivity index (χ0n) is 16.0. The SMILES string of the molecule is COc1ccc(OC)c2c1CN(Cn1nc(-c3ccco3)n(C)c1=S)CC2O. The largest absolute Gasteiger partial charge is 0.496 e. The number of nitrogens with zero attached hydrogens (tertiary/aromatic N) is 4. The molecule has 1 atom stereocenters. The third-order valence-corrected chi connectivity index (χ3v) is 5.46. The first-order chi connectivity index (χ1) is 13.5. The zero-order valence-corrected chi connectivity index (χ0v) is 16.8. The Hall–Kier alpha value is -2.62. The smallest absolute Gasteiger partial charge is 0.199 e. The average molecular weight is 402 g/mol. The molecule has 0 spiro atoms. The molecule has 8 nitrogen and oxygen atoms in total. The van der Waals surface area contributed by atoms with Crippen molar-refractivity contribution >= 4 is 12.2 Å². The van der Waals surface area contributed by atoms with Crippen LogP contribution in [0.1, 0.15) is 17.2 Å². The van der Waals surface area contributed by atoms with Crippen LogP contribution in [0.2, 0.25) is 0 Å². The maximum Gasteiger partial charge on any atom is 0.199 e. The summed E-state index contributed by atoms with van der Waals surface area (Å²) in [5, 5.41) is 15.4. The highest BCUT2D eigenvalue weighted by molar-refractivity contribution is 7.71. The van der Waals surface area contributed by atoms with E-state index in [4.69, 9.17) is 26.1 Å². The maximum atomic E-state index is 10.8. The van der Waals surface area contributed by atoms with Crippen molar-refractivity contribution in [2.75, 3.05) is 20.8 Å². The van der Waals surface area contributed by atoms with Crippen LogP contribution in [-0.4, -0.2) is 45.1 Å². The van der Waals surface area contributed by atoms with Gasteiger partial charge in [0.15, 0.2) is 16.4 Å². The van der Waals surface area contributed by atoms with E-state index in [1.165, 1.54) is 0 Å². The molecule has 2 aromatic heterocycles. The lowest BCUT2D eigenvalue weighted by Crippen LogP contribution is -2.36. The van der Waals surface area contributed by atoms with Crippen LogP contribution >= 0.6 is 12.2 Å². The molecule has 3 heterocycles. The van der Waals surface area contributed by atoms with Gasteiger partial charge in [0.25, 0.3) is 0 Å². The predicted molar refractivity (Wildman–Crippen MR) is 105 cm³/mol. The zero-order chi connectivity index (χ0) is 19.8. The van der Waals surface area contributed by atoms with Gasteiger partial charge in [0.2, 0.25) is 0 Å². The van der Waals surface area contributed by atoms with Crippen LogP contribution < -0.4 is 9.47 Å². The Morgan fingerprint density at radius 1 is 1.25 bits per heavy atom. The van der Waals surface area contributed by atoms with Crippen molar-refractivity contribution in [2.45, 2.75) is 19.3 Å². The number of aromatic nitrogens is 3. The molecule has 1 unspecified atom stereocenters. The molecule has 1 aliphatic heterocycles. The number of hydrogen-bond acceptors (Lipinski definition) is 7. The molecular weight excluding hydrogens is 380 g/mol. The highest BCUT2D eigenvalue weighted by atomic mass is 32.1. The molecule has 0 saturated carbocycles. The molecule has 1 aromatic carbocycles. The Kier molecular flexibility index (Phi) is 4.96. The topological polar surface area (TPSA) is 77.8 Å². The van der Waals surface area contributed by atoms with E-state index in [9.17, 15) is 5.11 Å². The fourth-order valence-corrected chi connectivity index (χ4v) is 3.83. The van der Waals surface area contributed by atoms with Crippen LogP contribution in [0.3, 0.4) is 0 Å². The third kappa shape index (κ3) is 3.11. The van der Waals surface area contributed by atoms with Gasteiger partial charge in [-0.05, 0) is 36.5 Å². The summed E-state index contributed by atoms with van der Waals surface area (Å²) in [6.07, 6.45) is 0.908. The Morgan fingerprint density at radius 2 is 2.00 bits per heavy atom. The number of furan rings is 1. The first-order valence-corrected chi connectivity index (χ1v) is 9.26. The van der Waals surface area contributed by atoms with Crippen molar-refractivity contribution < 1.29 is 19.0 Å². The van der Waals surface area contributed by atoms with E-state index in [1.54, 1.807) is 25.2 Å². The van der Waals surface area contributed by atoms with Crippen molar-refractivity contribution in [1.29, 1.82) is 0 Å². The van der Waals surface area contributed by atoms with E-state index >= 15 is 0 Å². The molecule has 0 radical (unpaired) electrons. The minimum atomic E-state index is -0.698. The highest BCUT2D eigenvalue weighted by Gasteiger charge is 2.30. The summed E-state index contributed by atoms with van der Waals surface area (Å²) in [5.74, 6) is 2.70. The fourth-order valence-electron chi connectivity index (χ4n) is 3.64. The molecule has 0 amide bonds. The highest BCUT2D eigenvalue weighted by Crippen LogP contribution is 2.39. The van der Waals surface area contributed by atoms with E-state index in [0.29, 0.717) is 41.9 Å². The van der Waals surface area contributed by atoms with Crippen LogP contribution in [0.25, 0.3) is 11.6 Å². The van der Waals surface area contributed by atoms with Crippen molar-refractivity contribution in [2.24, 2.45) is 7.05 Å². The van der Waals surface area contributed by atoms with Gasteiger partial charge in [-0.15, -0.1) is 5.10 Å². The number of fused-ring (bicyclic) bond motifs is 1. The van der Waals surface area contributed by atoms with Gasteiger partial charge < -0.3 is 23.6 Å². The van der Waals surface area contributed by atoms with Crippen LogP contribution in [0, 0.1) is 4.77 Å². The van der Waals surface area contributed by atoms with E-state index in [-0.39, 0.29) is 0 Å². The minimum absolute atomic E-state index is 0.435. The average Bonchev–Trinajstić information content (AvgIpc) is 3.31. The van der Waals surface area contributed by atoms with Crippen LogP contribution in [-0.2, 0) is 20.3 Å². The summed E-state index contributed by atoms with van der Waals surface area (Å²) in [6, 6.07) is 7.34. The Labute approximate surface area is 167 Å². The number of methoxy groups -OCH3 is 2. The molecule has 9 heteroatoms. The summed E-state index contributed by atoms with van der Waals surface area (Å²) in [7, 11) is 5.08. The Morgan fingerprint density at radius 3 is 2.68 bits per heavy atom. The normalized spacial score (nSPS) is 16.8. The predicted octanol–water partition coefficient (Wildman–Crippen LogP) is 2.73. The van der Waals surface area contributed by atoms with Gasteiger partial charge in [0.1, 0.15) is 11.5 Å². The second-order valence-corrected chi connectivity index (χ2v) is 7.04. The van der Waals surface area contributed by atoms with Gasteiger partial charge in [0, 0.05) is 31.3 Å². The molecule has 0 bridgehead atoms. The summed E-state index contributed by atoms with van der Waals surface area (Å²) in [5.41, 5.74) is 1.69. The molecule has 4 rings (SSSR count). The summed E-state index contributed by atoms with van der Waals surface area (Å²) < 4.78 is 20.5. The van der Waals surface area contributed by atoms with Crippen molar-refractivity contribution in [1.82, 2.24) is 19.2 Å². The lowest BCUT2D eigenvalue weighted by Gasteiger charge is -2.33. The standard InChI is InChI=1S/C19H22N4O4S/c1-21-18(16-5-4-8-27-16)20-23(19(21)28)11-22-9-12-14(25-2)6-7-15(26-3)17(12)13(24)10-22/h4-8,13,24H,9-11H2,1-3H3. The number of aliphatic hydroxyl groups excluding tert-OH is 1. The number of aliphatic hydroxyl groups is 1. The van der Waals surface area contributed by atoms with Crippen molar-refractivity contribution in [3.63, 3.8) is 0 Å². The lowest BCUT2D eigenvalue weighted by atomic mass is 9.95. The Balaban J connectivity index is 1.65. The molecule has 0 aliphatic carbocycles. The number of ether oxygens (including phenoxy) is 2. The Bertz CT molecular complexity index is 1040. The number of β-amino-alcohol motifs (C(OH)–C–C–N with tert-alkyl or cyclic N) is 1. The second-order valence-electron chi connectivity index (χ2n) is 6.67. The monoisotopic (exact) mass is 402 g/mol. The number of hydrogen-bond donors (Lipinski definition) is 1. The molecule has 3 aromatic rings. The van der Waals surface area contributed by atoms with Gasteiger partial charge in [-0.1, -0.05) is 0 Å². The molecule has 0 fully saturated rings. The van der Waals surface area contributed by atoms with Crippen molar-refractivity contribution in [3.05, 3.63) is 46.4 Å². The molecule has 1 aliphatic rings. The summed E-state index contributed by atoms with van der Waals surface area (Å²) in [6.45, 7) is 1.45. The first kappa shape index (κ1) is 18.7. The minimum Gasteiger partial charge on any atom is -0.496 e. The van der Waals surface area contributed by atoms with E-state index in [1.807, 2.05) is 35.9 Å². The van der Waals surface area contributed by atoms with E-state index in [0.717, 1.165) is 16.9 Å². The van der Waals surface area contributed by atoms with Crippen LogP contribution in [0.4, 0.5) is 0 Å². The van der Waals surface area contributed by atoms with Gasteiger partial charge in [-0.3, -0.25) is 4.90 Å². The fraction of sp³-hybridized carbons (Fsp3) is 0.368. The lowest BCUT2D eigenvalue weighted by molar-refractivity contribution is 0.0669. The van der Waals surface area contributed by atoms with Crippen LogP contribution in [0.5, 0.6) is 11.5 Å². The molecule has 0 saturated heterocycles. The molecule has 148 valence electrons. The van der Waals surface area contributed by atoms with Gasteiger partial charge in [0.05, 0.1) is 33.3 Å². The van der Waals surface area contributed by atoms with Gasteiger partial charge in [-0.25, -0.2) is 4.68 Å². The summed E-state index contributed by atoms with van der Waals surface area (Å²) >= 11 is 5.54.